The van der Waals surface area contributed by atoms with E-state index in [4.69, 9.17) is 10.7 Å². The van der Waals surface area contributed by atoms with Crippen LogP contribution in [-0.4, -0.2) is 63.5 Å². The van der Waals surface area contributed by atoms with Crippen molar-refractivity contribution < 1.29 is 0 Å². The molecule has 0 aliphatic carbocycles. The third-order valence-electron chi connectivity index (χ3n) is 6.84. The van der Waals surface area contributed by atoms with Crippen LogP contribution in [0.25, 0.3) is 22.2 Å². The lowest BCUT2D eigenvalue weighted by Crippen LogP contribution is -2.46. The molecule has 1 fully saturated rings. The Morgan fingerprint density at radius 2 is 2.00 bits per heavy atom. The third-order valence-corrected chi connectivity index (χ3v) is 6.84. The Balaban J connectivity index is 1.36. The monoisotopic (exact) mass is 507 g/mol. The maximum absolute atomic E-state index is 11.9. The SMILES string of the molecule is CN=CC(=CN)c1cc(-c2ccc(N3CCN(Cc4ccn(C)c(=O)c4)CC3)nc2)c2c(C#N)cnn2c1. The van der Waals surface area contributed by atoms with E-state index in [1.807, 2.05) is 42.9 Å². The number of nitrogens with zero attached hydrogens (tertiary/aromatic N) is 8. The summed E-state index contributed by atoms with van der Waals surface area (Å²) in [6.07, 6.45) is 10.3. The summed E-state index contributed by atoms with van der Waals surface area (Å²) >= 11 is 0. The van der Waals surface area contributed by atoms with Crippen molar-refractivity contribution >= 4 is 23.1 Å². The van der Waals surface area contributed by atoms with E-state index in [1.54, 1.807) is 41.7 Å². The van der Waals surface area contributed by atoms with Crippen LogP contribution in [0.3, 0.4) is 0 Å². The molecule has 0 radical (unpaired) electrons. The van der Waals surface area contributed by atoms with Gasteiger partial charge in [0, 0.05) is 106 Å². The molecule has 0 unspecified atom stereocenters. The first-order valence-corrected chi connectivity index (χ1v) is 12.4. The number of pyridine rings is 3. The average Bonchev–Trinajstić information content (AvgIpc) is 3.37. The van der Waals surface area contributed by atoms with E-state index < -0.39 is 0 Å². The maximum Gasteiger partial charge on any atom is 0.250 e. The number of aromatic nitrogens is 4. The number of aliphatic imine (C=N–C) groups is 1. The van der Waals surface area contributed by atoms with E-state index in [0.717, 1.165) is 71.9 Å². The van der Waals surface area contributed by atoms with Gasteiger partial charge in [-0.3, -0.25) is 14.7 Å². The molecule has 0 aromatic carbocycles. The highest BCUT2D eigenvalue weighted by Crippen LogP contribution is 2.30. The number of nitriles is 1. The van der Waals surface area contributed by atoms with Crippen molar-refractivity contribution in [3.05, 3.63) is 88.4 Å². The molecule has 10 nitrogen and oxygen atoms in total. The van der Waals surface area contributed by atoms with Gasteiger partial charge in [0.15, 0.2) is 0 Å². The quantitative estimate of drug-likeness (QED) is 0.398. The molecule has 5 heterocycles. The second-order valence-electron chi connectivity index (χ2n) is 9.27. The fourth-order valence-corrected chi connectivity index (χ4v) is 4.75. The normalized spacial score (nSPS) is 14.9. The van der Waals surface area contributed by atoms with Gasteiger partial charge >= 0.3 is 0 Å². The van der Waals surface area contributed by atoms with Gasteiger partial charge < -0.3 is 15.2 Å². The number of hydrogen-bond donors (Lipinski definition) is 1. The first-order chi connectivity index (χ1) is 18.5. The van der Waals surface area contributed by atoms with Crippen molar-refractivity contribution in [2.24, 2.45) is 17.8 Å². The van der Waals surface area contributed by atoms with Crippen LogP contribution in [0.4, 0.5) is 5.82 Å². The standard InChI is InChI=1S/C28H29N9O/c1-31-15-23(13-29)22-12-25(28-24(14-30)17-33-37(28)19-22)21-3-4-26(32-16-21)36-9-7-35(8-10-36)18-20-5-6-34(2)27(38)11-20/h3-6,11-13,15-17,19H,7-10,18,29H2,1-2H3. The van der Waals surface area contributed by atoms with Gasteiger partial charge in [-0.15, -0.1) is 0 Å². The van der Waals surface area contributed by atoms with Crippen molar-refractivity contribution in [1.82, 2.24) is 24.1 Å². The van der Waals surface area contributed by atoms with Crippen LogP contribution < -0.4 is 16.2 Å². The number of nitrogens with two attached hydrogens (primary N) is 1. The number of fused-ring (bicyclic) bond motifs is 1. The maximum atomic E-state index is 11.9. The molecule has 192 valence electrons. The topological polar surface area (TPSA) is 121 Å². The van der Waals surface area contributed by atoms with Gasteiger partial charge in [-0.1, -0.05) is 0 Å². The summed E-state index contributed by atoms with van der Waals surface area (Å²) in [5, 5.41) is 14.0. The van der Waals surface area contributed by atoms with Crippen LogP contribution in [0.2, 0.25) is 0 Å². The van der Waals surface area contributed by atoms with Gasteiger partial charge in [0.1, 0.15) is 11.9 Å². The minimum absolute atomic E-state index is 0.0137. The van der Waals surface area contributed by atoms with Gasteiger partial charge in [0.25, 0.3) is 5.56 Å². The molecule has 1 saturated heterocycles. The van der Waals surface area contributed by atoms with E-state index in [9.17, 15) is 10.1 Å². The highest BCUT2D eigenvalue weighted by molar-refractivity contribution is 6.10. The fourth-order valence-electron chi connectivity index (χ4n) is 4.75. The predicted octanol–water partition coefficient (Wildman–Crippen LogP) is 2.29. The lowest BCUT2D eigenvalue weighted by molar-refractivity contribution is 0.249. The first-order valence-electron chi connectivity index (χ1n) is 12.4. The van der Waals surface area contributed by atoms with E-state index in [-0.39, 0.29) is 5.56 Å². The predicted molar refractivity (Wildman–Crippen MR) is 149 cm³/mol. The van der Waals surface area contributed by atoms with E-state index in [1.165, 1.54) is 6.20 Å². The highest BCUT2D eigenvalue weighted by Gasteiger charge is 2.19. The lowest BCUT2D eigenvalue weighted by Gasteiger charge is -2.35. The van der Waals surface area contributed by atoms with Gasteiger partial charge in [0.05, 0.1) is 17.3 Å². The highest BCUT2D eigenvalue weighted by atomic mass is 16.1. The van der Waals surface area contributed by atoms with Crippen LogP contribution in [0.5, 0.6) is 0 Å². The summed E-state index contributed by atoms with van der Waals surface area (Å²) in [4.78, 5) is 25.4. The Kier molecular flexibility index (Phi) is 7.02. The Labute approximate surface area is 220 Å². The summed E-state index contributed by atoms with van der Waals surface area (Å²) in [7, 11) is 3.45. The molecule has 0 spiro atoms. The van der Waals surface area contributed by atoms with Crippen LogP contribution in [-0.2, 0) is 13.6 Å². The summed E-state index contributed by atoms with van der Waals surface area (Å²) in [5.74, 6) is 0.906. The zero-order valence-corrected chi connectivity index (χ0v) is 21.4. The Hall–Kier alpha value is -4.75. The molecule has 4 aromatic heterocycles. The molecule has 0 saturated carbocycles. The molecule has 38 heavy (non-hydrogen) atoms. The van der Waals surface area contributed by atoms with Crippen LogP contribution in [0, 0.1) is 11.3 Å². The number of piperazine rings is 1. The number of hydrogen-bond acceptors (Lipinski definition) is 8. The molecule has 1 aliphatic rings. The minimum atomic E-state index is 0.0137. The molecular weight excluding hydrogens is 478 g/mol. The fraction of sp³-hybridized carbons (Fsp3) is 0.250. The summed E-state index contributed by atoms with van der Waals surface area (Å²) in [6, 6.07) is 12.0. The third kappa shape index (κ3) is 4.92. The lowest BCUT2D eigenvalue weighted by atomic mass is 10.0. The van der Waals surface area contributed by atoms with Crippen molar-refractivity contribution in [3.8, 4) is 17.2 Å². The summed E-state index contributed by atoms with van der Waals surface area (Å²) in [6.45, 7) is 4.22. The Morgan fingerprint density at radius 3 is 2.66 bits per heavy atom. The average molecular weight is 508 g/mol. The molecular formula is C28H29N9O. The second kappa shape index (κ2) is 10.7. The van der Waals surface area contributed by atoms with Gasteiger partial charge in [-0.2, -0.15) is 10.4 Å². The minimum Gasteiger partial charge on any atom is -0.404 e. The zero-order chi connectivity index (χ0) is 26.6. The van der Waals surface area contributed by atoms with Crippen LogP contribution >= 0.6 is 0 Å². The zero-order valence-electron chi connectivity index (χ0n) is 21.4. The Morgan fingerprint density at radius 1 is 1.18 bits per heavy atom. The molecule has 0 bridgehead atoms. The van der Waals surface area contributed by atoms with Crippen LogP contribution in [0.15, 0.2) is 71.1 Å². The van der Waals surface area contributed by atoms with E-state index in [0.29, 0.717) is 5.56 Å². The second-order valence-corrected chi connectivity index (χ2v) is 9.27. The summed E-state index contributed by atoms with van der Waals surface area (Å²) < 4.78 is 3.28. The number of aryl methyl sites for hydroxylation is 1. The molecule has 0 amide bonds. The molecule has 0 atom stereocenters. The largest absolute Gasteiger partial charge is 0.404 e. The number of allylic oxidation sites excluding steroid dienone is 1. The van der Waals surface area contributed by atoms with Gasteiger partial charge in [-0.25, -0.2) is 9.50 Å². The van der Waals surface area contributed by atoms with Crippen molar-refractivity contribution in [1.29, 1.82) is 5.26 Å². The number of anilines is 1. The van der Waals surface area contributed by atoms with Crippen molar-refractivity contribution in [3.63, 3.8) is 0 Å². The van der Waals surface area contributed by atoms with E-state index >= 15 is 0 Å². The first kappa shape index (κ1) is 24.9. The van der Waals surface area contributed by atoms with Crippen molar-refractivity contribution in [2.75, 3.05) is 38.1 Å². The Bertz CT molecular complexity index is 1620. The molecule has 1 aliphatic heterocycles. The van der Waals surface area contributed by atoms with E-state index in [2.05, 4.69) is 26.0 Å². The number of rotatable bonds is 6. The molecule has 5 rings (SSSR count). The van der Waals surface area contributed by atoms with Crippen LogP contribution in [0.1, 0.15) is 16.7 Å². The summed E-state index contributed by atoms with van der Waals surface area (Å²) in [5.41, 5.74) is 11.4. The molecule has 10 heteroatoms. The van der Waals surface area contributed by atoms with Crippen molar-refractivity contribution in [2.45, 2.75) is 6.54 Å². The van der Waals surface area contributed by atoms with Gasteiger partial charge in [0.2, 0.25) is 0 Å². The van der Waals surface area contributed by atoms with Gasteiger partial charge in [-0.05, 0) is 29.8 Å². The molecule has 2 N–H and O–H groups in total. The smallest absolute Gasteiger partial charge is 0.250 e. The molecule has 4 aromatic rings.